The Bertz CT molecular complexity index is 510. The zero-order chi connectivity index (χ0) is 13.0. The summed E-state index contributed by atoms with van der Waals surface area (Å²) < 4.78 is 0. The van der Waals surface area contributed by atoms with Crippen LogP contribution in [0.3, 0.4) is 0 Å². The molecule has 1 aromatic heterocycles. The smallest absolute Gasteiger partial charge is 0.0951 e. The molecule has 1 heterocycles. The molecule has 1 N–H and O–H groups in total. The zero-order valence-corrected chi connectivity index (χ0v) is 10.9. The fraction of sp³-hybridized carbons (Fsp3) is 0.312. The number of rotatable bonds is 4. The third kappa shape index (κ3) is 2.59. The van der Waals surface area contributed by atoms with Crippen molar-refractivity contribution in [3.05, 3.63) is 65.5 Å². The molecule has 1 aromatic carbocycles. The predicted octanol–water partition coefficient (Wildman–Crippen LogP) is 3.23. The molecule has 2 heteroatoms. The maximum atomic E-state index is 10.9. The van der Waals surface area contributed by atoms with Crippen LogP contribution in [0.4, 0.5) is 0 Å². The molecule has 0 radical (unpaired) electrons. The molecule has 1 unspecified atom stereocenters. The fourth-order valence-corrected chi connectivity index (χ4v) is 2.30. The topological polar surface area (TPSA) is 33.1 Å². The van der Waals surface area contributed by atoms with E-state index in [-0.39, 0.29) is 0 Å². The molecule has 0 fully saturated rings. The Kier molecular flexibility index (Phi) is 3.78. The lowest BCUT2D eigenvalue weighted by molar-refractivity contribution is 0.0318. The highest BCUT2D eigenvalue weighted by atomic mass is 16.3. The number of hydrogen-bond donors (Lipinski definition) is 1. The molecule has 0 aliphatic rings. The van der Waals surface area contributed by atoms with Gasteiger partial charge in [0.05, 0.1) is 5.60 Å². The molecule has 0 saturated carbocycles. The highest BCUT2D eigenvalue weighted by molar-refractivity contribution is 5.30. The summed E-state index contributed by atoms with van der Waals surface area (Å²) in [6.07, 6.45) is 4.84. The molecular weight excluding hydrogens is 222 g/mol. The summed E-state index contributed by atoms with van der Waals surface area (Å²) in [6.45, 7) is 4.03. The van der Waals surface area contributed by atoms with Gasteiger partial charge in [0.1, 0.15) is 0 Å². The monoisotopic (exact) mass is 241 g/mol. The number of hydrogen-bond acceptors (Lipinski definition) is 2. The quantitative estimate of drug-likeness (QED) is 0.891. The largest absolute Gasteiger partial charge is 0.385 e. The number of benzene rings is 1. The minimum absolute atomic E-state index is 0.622. The molecular formula is C16H19NO. The van der Waals surface area contributed by atoms with Crippen LogP contribution in [0.25, 0.3) is 0 Å². The van der Waals surface area contributed by atoms with E-state index >= 15 is 0 Å². The van der Waals surface area contributed by atoms with Crippen molar-refractivity contribution < 1.29 is 5.11 Å². The molecule has 18 heavy (non-hydrogen) atoms. The summed E-state index contributed by atoms with van der Waals surface area (Å²) in [7, 11) is 0. The third-order valence-electron chi connectivity index (χ3n) is 3.46. The minimum atomic E-state index is -0.834. The van der Waals surface area contributed by atoms with Crippen molar-refractivity contribution in [1.82, 2.24) is 4.98 Å². The van der Waals surface area contributed by atoms with Crippen LogP contribution in [0.15, 0.2) is 48.8 Å². The van der Waals surface area contributed by atoms with Gasteiger partial charge in [-0.15, -0.1) is 0 Å². The summed E-state index contributed by atoms with van der Waals surface area (Å²) >= 11 is 0. The van der Waals surface area contributed by atoms with Gasteiger partial charge >= 0.3 is 0 Å². The molecule has 2 rings (SSSR count). The Morgan fingerprint density at radius 1 is 1.17 bits per heavy atom. The van der Waals surface area contributed by atoms with E-state index in [1.807, 2.05) is 50.2 Å². The molecule has 2 nitrogen and oxygen atoms in total. The van der Waals surface area contributed by atoms with E-state index in [0.717, 1.165) is 16.7 Å². The van der Waals surface area contributed by atoms with Crippen LogP contribution < -0.4 is 0 Å². The van der Waals surface area contributed by atoms with Crippen LogP contribution in [0.1, 0.15) is 30.0 Å². The van der Waals surface area contributed by atoms with Crippen molar-refractivity contribution in [2.45, 2.75) is 32.3 Å². The van der Waals surface area contributed by atoms with Gasteiger partial charge in [-0.1, -0.05) is 37.3 Å². The van der Waals surface area contributed by atoms with Gasteiger partial charge in [-0.05, 0) is 30.5 Å². The minimum Gasteiger partial charge on any atom is -0.385 e. The van der Waals surface area contributed by atoms with Crippen molar-refractivity contribution in [1.29, 1.82) is 0 Å². The molecule has 94 valence electrons. The van der Waals surface area contributed by atoms with E-state index in [0.29, 0.717) is 12.8 Å². The number of nitrogens with zero attached hydrogens (tertiary/aromatic N) is 1. The normalized spacial score (nSPS) is 14.2. The Balaban J connectivity index is 2.34. The van der Waals surface area contributed by atoms with Crippen molar-refractivity contribution in [3.63, 3.8) is 0 Å². The first kappa shape index (κ1) is 12.8. The maximum Gasteiger partial charge on any atom is 0.0951 e. The average molecular weight is 241 g/mol. The molecule has 0 saturated heterocycles. The SMILES string of the molecule is CCC(O)(Cc1ccccc1)c1cnccc1C. The number of pyridine rings is 1. The first-order chi connectivity index (χ1) is 8.65. The van der Waals surface area contributed by atoms with Crippen molar-refractivity contribution in [3.8, 4) is 0 Å². The Morgan fingerprint density at radius 2 is 1.89 bits per heavy atom. The second-order valence-electron chi connectivity index (χ2n) is 4.74. The lowest BCUT2D eigenvalue weighted by Crippen LogP contribution is -2.28. The van der Waals surface area contributed by atoms with Gasteiger partial charge in [-0.3, -0.25) is 4.98 Å². The van der Waals surface area contributed by atoms with Crippen molar-refractivity contribution >= 4 is 0 Å². The van der Waals surface area contributed by atoms with Crippen LogP contribution in [0.5, 0.6) is 0 Å². The highest BCUT2D eigenvalue weighted by Gasteiger charge is 2.29. The predicted molar refractivity (Wildman–Crippen MR) is 73.3 cm³/mol. The number of aryl methyl sites for hydroxylation is 1. The van der Waals surface area contributed by atoms with Crippen LogP contribution in [-0.2, 0) is 12.0 Å². The first-order valence-corrected chi connectivity index (χ1v) is 6.33. The molecule has 0 aliphatic heterocycles. The zero-order valence-electron chi connectivity index (χ0n) is 10.9. The van der Waals surface area contributed by atoms with E-state index in [2.05, 4.69) is 4.98 Å². The average Bonchev–Trinajstić information content (AvgIpc) is 2.40. The van der Waals surface area contributed by atoms with Crippen molar-refractivity contribution in [2.75, 3.05) is 0 Å². The Labute approximate surface area is 108 Å². The Morgan fingerprint density at radius 3 is 2.50 bits per heavy atom. The molecule has 0 amide bonds. The summed E-state index contributed by atoms with van der Waals surface area (Å²) in [4.78, 5) is 4.14. The van der Waals surface area contributed by atoms with E-state index in [4.69, 9.17) is 0 Å². The second kappa shape index (κ2) is 5.32. The summed E-state index contributed by atoms with van der Waals surface area (Å²) in [5, 5.41) is 10.9. The van der Waals surface area contributed by atoms with Gasteiger partial charge in [-0.2, -0.15) is 0 Å². The lowest BCUT2D eigenvalue weighted by Gasteiger charge is -2.28. The van der Waals surface area contributed by atoms with Gasteiger partial charge in [0.25, 0.3) is 0 Å². The van der Waals surface area contributed by atoms with E-state index in [1.165, 1.54) is 0 Å². The van der Waals surface area contributed by atoms with Gasteiger partial charge in [0, 0.05) is 24.4 Å². The second-order valence-corrected chi connectivity index (χ2v) is 4.74. The van der Waals surface area contributed by atoms with Gasteiger partial charge < -0.3 is 5.11 Å². The van der Waals surface area contributed by atoms with Crippen LogP contribution in [-0.4, -0.2) is 10.1 Å². The standard InChI is InChI=1S/C16H19NO/c1-3-16(18,11-14-7-5-4-6-8-14)15-12-17-10-9-13(15)2/h4-10,12,18H,3,11H2,1-2H3. The highest BCUT2D eigenvalue weighted by Crippen LogP contribution is 2.30. The van der Waals surface area contributed by atoms with Gasteiger partial charge in [0.15, 0.2) is 0 Å². The molecule has 2 aromatic rings. The third-order valence-corrected chi connectivity index (χ3v) is 3.46. The molecule has 0 bridgehead atoms. The summed E-state index contributed by atoms with van der Waals surface area (Å²) in [5.41, 5.74) is 2.33. The summed E-state index contributed by atoms with van der Waals surface area (Å²) in [5.74, 6) is 0. The van der Waals surface area contributed by atoms with Crippen LogP contribution in [0, 0.1) is 6.92 Å². The first-order valence-electron chi connectivity index (χ1n) is 6.33. The summed E-state index contributed by atoms with van der Waals surface area (Å²) in [6, 6.07) is 12.0. The molecule has 0 aliphatic carbocycles. The fourth-order valence-electron chi connectivity index (χ4n) is 2.30. The van der Waals surface area contributed by atoms with Crippen LogP contribution >= 0.6 is 0 Å². The molecule has 0 spiro atoms. The number of aromatic nitrogens is 1. The van der Waals surface area contributed by atoms with Gasteiger partial charge in [0.2, 0.25) is 0 Å². The van der Waals surface area contributed by atoms with E-state index < -0.39 is 5.60 Å². The molecule has 1 atom stereocenters. The number of aliphatic hydroxyl groups is 1. The van der Waals surface area contributed by atoms with Gasteiger partial charge in [-0.25, -0.2) is 0 Å². The Hall–Kier alpha value is -1.67. The van der Waals surface area contributed by atoms with E-state index in [9.17, 15) is 5.11 Å². The van der Waals surface area contributed by atoms with Crippen molar-refractivity contribution in [2.24, 2.45) is 0 Å². The van der Waals surface area contributed by atoms with E-state index in [1.54, 1.807) is 12.4 Å². The van der Waals surface area contributed by atoms with Crippen LogP contribution in [0.2, 0.25) is 0 Å². The lowest BCUT2D eigenvalue weighted by atomic mass is 9.84. The maximum absolute atomic E-state index is 10.9.